The molecule has 0 aromatic heterocycles. The van der Waals surface area contributed by atoms with Gasteiger partial charge in [0.05, 0.1) is 11.3 Å². The second kappa shape index (κ2) is 6.40. The second-order valence-electron chi connectivity index (χ2n) is 5.03. The van der Waals surface area contributed by atoms with Gasteiger partial charge < -0.3 is 4.90 Å². The average Bonchev–Trinajstić information content (AvgIpc) is 2.46. The summed E-state index contributed by atoms with van der Waals surface area (Å²) in [5, 5.41) is 9.29. The lowest BCUT2D eigenvalue weighted by Gasteiger charge is -2.39. The van der Waals surface area contributed by atoms with E-state index in [0.29, 0.717) is 6.04 Å². The third-order valence-corrected chi connectivity index (χ3v) is 4.63. The molecule has 19 heavy (non-hydrogen) atoms. The minimum absolute atomic E-state index is 0.653. The molecule has 1 atom stereocenters. The first-order valence-corrected chi connectivity index (χ1v) is 7.64. The van der Waals surface area contributed by atoms with Gasteiger partial charge in [-0.3, -0.25) is 4.90 Å². The van der Waals surface area contributed by atoms with Crippen molar-refractivity contribution in [2.75, 3.05) is 31.1 Å². The fourth-order valence-electron chi connectivity index (χ4n) is 2.55. The molecular weight excluding hydrogens is 302 g/mol. The van der Waals surface area contributed by atoms with E-state index in [1.807, 2.05) is 18.2 Å². The van der Waals surface area contributed by atoms with E-state index in [-0.39, 0.29) is 0 Å². The molecule has 0 spiro atoms. The molecule has 1 aliphatic heterocycles. The molecule has 0 N–H and O–H groups in total. The summed E-state index contributed by atoms with van der Waals surface area (Å²) in [4.78, 5) is 4.85. The molecular formula is C15H20BrN3. The van der Waals surface area contributed by atoms with Crippen LogP contribution in [0.1, 0.15) is 25.8 Å². The van der Waals surface area contributed by atoms with Crippen molar-refractivity contribution < 1.29 is 0 Å². The van der Waals surface area contributed by atoms with E-state index in [1.165, 1.54) is 6.42 Å². The normalized spacial score (nSPS) is 18.1. The summed E-state index contributed by atoms with van der Waals surface area (Å²) in [6.07, 6.45) is 1.19. The van der Waals surface area contributed by atoms with Crippen molar-refractivity contribution in [2.45, 2.75) is 26.3 Å². The third-order valence-electron chi connectivity index (χ3n) is 3.97. The van der Waals surface area contributed by atoms with Crippen LogP contribution in [0.25, 0.3) is 0 Å². The number of anilines is 1. The molecule has 1 heterocycles. The van der Waals surface area contributed by atoms with Gasteiger partial charge in [-0.15, -0.1) is 0 Å². The van der Waals surface area contributed by atoms with Crippen LogP contribution in [-0.2, 0) is 0 Å². The Morgan fingerprint density at radius 2 is 2.00 bits per heavy atom. The smallest absolute Gasteiger partial charge is 0.103 e. The third kappa shape index (κ3) is 3.10. The lowest BCUT2D eigenvalue weighted by molar-refractivity contribution is 0.193. The summed E-state index contributed by atoms with van der Waals surface area (Å²) in [6.45, 7) is 8.67. The highest BCUT2D eigenvalue weighted by Crippen LogP contribution is 2.28. The molecule has 1 aromatic carbocycles. The number of hydrogen-bond acceptors (Lipinski definition) is 3. The van der Waals surface area contributed by atoms with E-state index in [1.54, 1.807) is 0 Å². The minimum Gasteiger partial charge on any atom is -0.368 e. The fourth-order valence-corrected chi connectivity index (χ4v) is 2.99. The van der Waals surface area contributed by atoms with Crippen LogP contribution in [0.2, 0.25) is 0 Å². The Kier molecular flexibility index (Phi) is 4.84. The highest BCUT2D eigenvalue weighted by Gasteiger charge is 2.22. The van der Waals surface area contributed by atoms with Gasteiger partial charge in [0.15, 0.2) is 0 Å². The molecule has 1 aromatic rings. The first-order chi connectivity index (χ1) is 9.17. The van der Waals surface area contributed by atoms with E-state index in [0.717, 1.165) is 41.9 Å². The molecule has 1 saturated heterocycles. The number of hydrogen-bond donors (Lipinski definition) is 0. The predicted molar refractivity (Wildman–Crippen MR) is 82.4 cm³/mol. The fraction of sp³-hybridized carbons (Fsp3) is 0.533. The Bertz CT molecular complexity index is 473. The lowest BCUT2D eigenvalue weighted by Crippen LogP contribution is -2.49. The number of rotatable bonds is 3. The molecule has 102 valence electrons. The second-order valence-corrected chi connectivity index (χ2v) is 5.88. The molecule has 4 heteroatoms. The summed E-state index contributed by atoms with van der Waals surface area (Å²) in [5.74, 6) is 0. The first kappa shape index (κ1) is 14.4. The maximum atomic E-state index is 9.29. The highest BCUT2D eigenvalue weighted by atomic mass is 79.9. The molecule has 0 radical (unpaired) electrons. The van der Waals surface area contributed by atoms with E-state index in [4.69, 9.17) is 0 Å². The molecule has 2 rings (SSSR count). The zero-order valence-corrected chi connectivity index (χ0v) is 13.2. The van der Waals surface area contributed by atoms with Crippen molar-refractivity contribution in [2.24, 2.45) is 0 Å². The number of nitriles is 1. The van der Waals surface area contributed by atoms with Crippen LogP contribution in [0.3, 0.4) is 0 Å². The van der Waals surface area contributed by atoms with Gasteiger partial charge in [-0.05, 0) is 41.4 Å². The topological polar surface area (TPSA) is 30.3 Å². The van der Waals surface area contributed by atoms with Crippen molar-refractivity contribution in [3.63, 3.8) is 0 Å². The molecule has 0 amide bonds. The van der Waals surface area contributed by atoms with E-state index in [2.05, 4.69) is 45.6 Å². The van der Waals surface area contributed by atoms with E-state index < -0.39 is 0 Å². The van der Waals surface area contributed by atoms with Crippen molar-refractivity contribution in [3.8, 4) is 6.07 Å². The number of benzene rings is 1. The Morgan fingerprint density at radius 3 is 2.58 bits per heavy atom. The van der Waals surface area contributed by atoms with E-state index in [9.17, 15) is 5.26 Å². The summed E-state index contributed by atoms with van der Waals surface area (Å²) in [7, 11) is 0. The standard InChI is InChI=1S/C15H20BrN3/c1-3-12(2)18-7-9-19(10-8-18)15-6-4-5-14(16)13(15)11-17/h4-6,12H,3,7-10H2,1-2H3. The molecule has 0 bridgehead atoms. The largest absolute Gasteiger partial charge is 0.368 e. The van der Waals surface area contributed by atoms with Crippen LogP contribution in [0.5, 0.6) is 0 Å². The van der Waals surface area contributed by atoms with E-state index >= 15 is 0 Å². The van der Waals surface area contributed by atoms with Crippen LogP contribution < -0.4 is 4.90 Å². The Balaban J connectivity index is 2.10. The first-order valence-electron chi connectivity index (χ1n) is 6.85. The summed E-state index contributed by atoms with van der Waals surface area (Å²) >= 11 is 3.46. The average molecular weight is 322 g/mol. The van der Waals surface area contributed by atoms with Gasteiger partial charge in [-0.25, -0.2) is 0 Å². The van der Waals surface area contributed by atoms with Gasteiger partial charge in [0.2, 0.25) is 0 Å². The van der Waals surface area contributed by atoms with Gasteiger partial charge in [-0.1, -0.05) is 13.0 Å². The monoisotopic (exact) mass is 321 g/mol. The lowest BCUT2D eigenvalue weighted by atomic mass is 10.1. The maximum Gasteiger partial charge on any atom is 0.103 e. The SMILES string of the molecule is CCC(C)N1CCN(c2cccc(Br)c2C#N)CC1. The Hall–Kier alpha value is -1.05. The van der Waals surface area contributed by atoms with Gasteiger partial charge >= 0.3 is 0 Å². The quantitative estimate of drug-likeness (QED) is 0.856. The summed E-state index contributed by atoms with van der Waals surface area (Å²) in [5.41, 5.74) is 1.81. The molecule has 1 aliphatic rings. The van der Waals surface area contributed by atoms with Crippen molar-refractivity contribution in [1.82, 2.24) is 4.90 Å². The minimum atomic E-state index is 0.653. The van der Waals surface area contributed by atoms with Gasteiger partial charge in [0, 0.05) is 36.7 Å². The van der Waals surface area contributed by atoms with Crippen molar-refractivity contribution in [1.29, 1.82) is 5.26 Å². The van der Waals surface area contributed by atoms with Crippen LogP contribution in [0, 0.1) is 11.3 Å². The predicted octanol–water partition coefficient (Wildman–Crippen LogP) is 3.24. The zero-order valence-electron chi connectivity index (χ0n) is 11.6. The van der Waals surface area contributed by atoms with Crippen molar-refractivity contribution >= 4 is 21.6 Å². The van der Waals surface area contributed by atoms with Crippen LogP contribution in [-0.4, -0.2) is 37.1 Å². The Morgan fingerprint density at radius 1 is 1.32 bits per heavy atom. The zero-order chi connectivity index (χ0) is 13.8. The van der Waals surface area contributed by atoms with Crippen LogP contribution in [0.4, 0.5) is 5.69 Å². The molecule has 1 fully saturated rings. The number of piperazine rings is 1. The summed E-state index contributed by atoms with van der Waals surface area (Å²) in [6, 6.07) is 8.93. The maximum absolute atomic E-state index is 9.29. The molecule has 3 nitrogen and oxygen atoms in total. The van der Waals surface area contributed by atoms with Crippen LogP contribution in [0.15, 0.2) is 22.7 Å². The molecule has 1 unspecified atom stereocenters. The van der Waals surface area contributed by atoms with Gasteiger partial charge in [-0.2, -0.15) is 5.26 Å². The van der Waals surface area contributed by atoms with Crippen molar-refractivity contribution in [3.05, 3.63) is 28.2 Å². The molecule has 0 saturated carbocycles. The Labute approximate surface area is 123 Å². The van der Waals surface area contributed by atoms with Crippen LogP contribution >= 0.6 is 15.9 Å². The van der Waals surface area contributed by atoms with Gasteiger partial charge in [0.25, 0.3) is 0 Å². The van der Waals surface area contributed by atoms with Gasteiger partial charge in [0.1, 0.15) is 6.07 Å². The summed E-state index contributed by atoms with van der Waals surface area (Å²) < 4.78 is 0.886. The number of halogens is 1. The number of nitrogens with zero attached hydrogens (tertiary/aromatic N) is 3. The highest BCUT2D eigenvalue weighted by molar-refractivity contribution is 9.10. The molecule has 0 aliphatic carbocycles.